The minimum absolute atomic E-state index is 0.111. The van der Waals surface area contributed by atoms with Crippen molar-refractivity contribution in [3.05, 3.63) is 12.7 Å². The summed E-state index contributed by atoms with van der Waals surface area (Å²) in [4.78, 5) is 13.7. The largest absolute Gasteiger partial charge is 0.444 e. The molecule has 0 aromatic carbocycles. The summed E-state index contributed by atoms with van der Waals surface area (Å²) in [6.45, 7) is 9.87. The molecule has 1 amide bonds. The number of hydrogen-bond acceptors (Lipinski definition) is 3. The number of nitrogens with zero attached hydrogens (tertiary/aromatic N) is 1. The van der Waals surface area contributed by atoms with Crippen LogP contribution >= 0.6 is 0 Å². The van der Waals surface area contributed by atoms with E-state index in [0.29, 0.717) is 13.0 Å². The van der Waals surface area contributed by atoms with E-state index in [0.717, 1.165) is 19.3 Å². The number of hydrogen-bond donors (Lipinski definition) is 1. The van der Waals surface area contributed by atoms with Crippen LogP contribution in [0.3, 0.4) is 0 Å². The van der Waals surface area contributed by atoms with Crippen molar-refractivity contribution in [2.75, 3.05) is 6.54 Å². The highest BCUT2D eigenvalue weighted by Gasteiger charge is 2.35. The van der Waals surface area contributed by atoms with Gasteiger partial charge in [-0.3, -0.25) is 0 Å². The lowest BCUT2D eigenvalue weighted by molar-refractivity contribution is 0.00412. The fourth-order valence-corrected chi connectivity index (χ4v) is 2.22. The number of rotatable bonds is 4. The summed E-state index contributed by atoms with van der Waals surface area (Å²) in [6.07, 6.45) is 4.16. The molecule has 0 radical (unpaired) electrons. The van der Waals surface area contributed by atoms with Crippen molar-refractivity contribution < 1.29 is 14.6 Å². The molecule has 1 aliphatic rings. The van der Waals surface area contributed by atoms with Crippen molar-refractivity contribution in [3.8, 4) is 0 Å². The summed E-state index contributed by atoms with van der Waals surface area (Å²) in [5, 5.41) is 10.1. The molecule has 4 nitrogen and oxygen atoms in total. The highest BCUT2D eigenvalue weighted by atomic mass is 16.6. The van der Waals surface area contributed by atoms with Crippen LogP contribution in [-0.4, -0.2) is 40.4 Å². The number of carbonyl (C=O) groups is 1. The maximum atomic E-state index is 12.0. The fraction of sp³-hybridized carbons (Fsp3) is 0.786. The van der Waals surface area contributed by atoms with Crippen LogP contribution < -0.4 is 0 Å². The van der Waals surface area contributed by atoms with Gasteiger partial charge in [0.25, 0.3) is 0 Å². The van der Waals surface area contributed by atoms with Gasteiger partial charge in [-0.2, -0.15) is 0 Å². The first kappa shape index (κ1) is 15.0. The summed E-state index contributed by atoms with van der Waals surface area (Å²) >= 11 is 0. The Bertz CT molecular complexity index is 296. The van der Waals surface area contributed by atoms with E-state index in [9.17, 15) is 9.90 Å². The van der Waals surface area contributed by atoms with Gasteiger partial charge in [0.1, 0.15) is 5.60 Å². The Hall–Kier alpha value is -1.03. The highest BCUT2D eigenvalue weighted by molar-refractivity contribution is 5.69. The molecule has 0 unspecified atom stereocenters. The monoisotopic (exact) mass is 255 g/mol. The summed E-state index contributed by atoms with van der Waals surface area (Å²) in [5.74, 6) is 0. The average Bonchev–Trinajstić information content (AvgIpc) is 2.72. The standard InChI is InChI=1S/C14H25NO3/c1-5-6-9-12(16)11-8-7-10-15(11)13(17)18-14(2,3)4/h5,11-12,16H,1,6-10H2,2-4H3/t11-,12+/m0/s1. The second-order valence-corrected chi connectivity index (χ2v) is 5.82. The molecule has 2 atom stereocenters. The Morgan fingerprint density at radius 3 is 2.83 bits per heavy atom. The van der Waals surface area contributed by atoms with Crippen molar-refractivity contribution in [1.82, 2.24) is 4.90 Å². The third-order valence-electron chi connectivity index (χ3n) is 3.04. The lowest BCUT2D eigenvalue weighted by Crippen LogP contribution is -2.45. The molecular weight excluding hydrogens is 230 g/mol. The van der Waals surface area contributed by atoms with Crippen LogP contribution in [0.15, 0.2) is 12.7 Å². The van der Waals surface area contributed by atoms with E-state index in [-0.39, 0.29) is 12.1 Å². The summed E-state index contributed by atoms with van der Waals surface area (Å²) in [7, 11) is 0. The highest BCUT2D eigenvalue weighted by Crippen LogP contribution is 2.24. The van der Waals surface area contributed by atoms with Crippen LogP contribution in [0.4, 0.5) is 4.79 Å². The van der Waals surface area contributed by atoms with Gasteiger partial charge in [-0.15, -0.1) is 6.58 Å². The van der Waals surface area contributed by atoms with Crippen LogP contribution in [-0.2, 0) is 4.74 Å². The number of allylic oxidation sites excluding steroid dienone is 1. The van der Waals surface area contributed by atoms with Crippen molar-refractivity contribution in [1.29, 1.82) is 0 Å². The van der Waals surface area contributed by atoms with E-state index >= 15 is 0 Å². The zero-order valence-electron chi connectivity index (χ0n) is 11.7. The Morgan fingerprint density at radius 2 is 2.28 bits per heavy atom. The summed E-state index contributed by atoms with van der Waals surface area (Å²) < 4.78 is 5.36. The number of amides is 1. The van der Waals surface area contributed by atoms with Gasteiger partial charge in [0, 0.05) is 6.54 Å². The molecule has 0 aliphatic carbocycles. The van der Waals surface area contributed by atoms with Crippen LogP contribution in [0.5, 0.6) is 0 Å². The second-order valence-electron chi connectivity index (χ2n) is 5.82. The smallest absolute Gasteiger partial charge is 0.410 e. The van der Waals surface area contributed by atoms with E-state index in [4.69, 9.17) is 4.74 Å². The summed E-state index contributed by atoms with van der Waals surface area (Å²) in [6, 6.07) is -0.111. The quantitative estimate of drug-likeness (QED) is 0.786. The lowest BCUT2D eigenvalue weighted by Gasteiger charge is -2.31. The molecule has 104 valence electrons. The number of carbonyl (C=O) groups excluding carboxylic acids is 1. The Kier molecular flexibility index (Phi) is 5.20. The first-order valence-electron chi connectivity index (χ1n) is 6.63. The predicted octanol–water partition coefficient (Wildman–Crippen LogP) is 2.71. The van der Waals surface area contributed by atoms with Crippen molar-refractivity contribution in [2.24, 2.45) is 0 Å². The third-order valence-corrected chi connectivity index (χ3v) is 3.04. The van der Waals surface area contributed by atoms with E-state index in [2.05, 4.69) is 6.58 Å². The Balaban J connectivity index is 2.58. The van der Waals surface area contributed by atoms with Crippen LogP contribution in [0.2, 0.25) is 0 Å². The molecule has 0 bridgehead atoms. The fourth-order valence-electron chi connectivity index (χ4n) is 2.22. The van der Waals surface area contributed by atoms with Gasteiger partial charge >= 0.3 is 6.09 Å². The topological polar surface area (TPSA) is 49.8 Å². The van der Waals surface area contributed by atoms with Gasteiger partial charge in [0.05, 0.1) is 12.1 Å². The SMILES string of the molecule is C=CCC[C@@H](O)[C@@H]1CCCN1C(=O)OC(C)(C)C. The zero-order valence-corrected chi connectivity index (χ0v) is 11.7. The van der Waals surface area contributed by atoms with E-state index in [1.54, 1.807) is 11.0 Å². The molecular formula is C14H25NO3. The molecule has 0 spiro atoms. The molecule has 0 aromatic rings. The van der Waals surface area contributed by atoms with Crippen molar-refractivity contribution in [3.63, 3.8) is 0 Å². The second kappa shape index (κ2) is 6.23. The minimum atomic E-state index is -0.490. The van der Waals surface area contributed by atoms with E-state index in [1.807, 2.05) is 20.8 Å². The average molecular weight is 255 g/mol. The summed E-state index contributed by atoms with van der Waals surface area (Å²) in [5.41, 5.74) is -0.490. The molecule has 1 saturated heterocycles. The van der Waals surface area contributed by atoms with Gasteiger partial charge in [0.2, 0.25) is 0 Å². The van der Waals surface area contributed by atoms with Crippen LogP contribution in [0.1, 0.15) is 46.5 Å². The minimum Gasteiger partial charge on any atom is -0.444 e. The molecule has 1 N–H and O–H groups in total. The van der Waals surface area contributed by atoms with Gasteiger partial charge in [-0.05, 0) is 46.5 Å². The van der Waals surface area contributed by atoms with E-state index in [1.165, 1.54) is 0 Å². The predicted molar refractivity (Wildman–Crippen MR) is 71.4 cm³/mol. The number of aliphatic hydroxyl groups excluding tert-OH is 1. The number of aliphatic hydroxyl groups is 1. The van der Waals surface area contributed by atoms with E-state index < -0.39 is 11.7 Å². The molecule has 0 aromatic heterocycles. The molecule has 1 fully saturated rings. The molecule has 1 aliphatic heterocycles. The van der Waals surface area contributed by atoms with Crippen molar-refractivity contribution in [2.45, 2.75) is 64.2 Å². The molecule has 1 heterocycles. The van der Waals surface area contributed by atoms with Gasteiger partial charge in [-0.25, -0.2) is 4.79 Å². The number of ether oxygens (including phenoxy) is 1. The first-order valence-corrected chi connectivity index (χ1v) is 6.63. The van der Waals surface area contributed by atoms with Gasteiger partial charge in [-0.1, -0.05) is 6.08 Å². The molecule has 4 heteroatoms. The first-order chi connectivity index (χ1) is 8.35. The molecule has 18 heavy (non-hydrogen) atoms. The molecule has 0 saturated carbocycles. The Labute approximate surface area is 110 Å². The third kappa shape index (κ3) is 4.33. The van der Waals surface area contributed by atoms with Crippen molar-refractivity contribution >= 4 is 6.09 Å². The molecule has 1 rings (SSSR count). The number of likely N-dealkylation sites (tertiary alicyclic amines) is 1. The van der Waals surface area contributed by atoms with Gasteiger partial charge < -0.3 is 14.7 Å². The maximum absolute atomic E-state index is 12.0. The zero-order chi connectivity index (χ0) is 13.8. The van der Waals surface area contributed by atoms with Crippen LogP contribution in [0.25, 0.3) is 0 Å². The Morgan fingerprint density at radius 1 is 1.61 bits per heavy atom. The lowest BCUT2D eigenvalue weighted by atomic mass is 10.0. The van der Waals surface area contributed by atoms with Crippen LogP contribution in [0, 0.1) is 0 Å². The van der Waals surface area contributed by atoms with Gasteiger partial charge in [0.15, 0.2) is 0 Å². The maximum Gasteiger partial charge on any atom is 0.410 e. The normalized spacial score (nSPS) is 21.8.